The summed E-state index contributed by atoms with van der Waals surface area (Å²) in [6, 6.07) is 8.22. The Kier molecular flexibility index (Phi) is 6.14. The van der Waals surface area contributed by atoms with Gasteiger partial charge in [0.2, 0.25) is 0 Å². The molecular weight excluding hydrogens is 348 g/mol. The Bertz CT molecular complexity index is 769. The Labute approximate surface area is 162 Å². The molecule has 1 aliphatic heterocycles. The third-order valence-electron chi connectivity index (χ3n) is 5.20. The van der Waals surface area contributed by atoms with Crippen molar-refractivity contribution < 1.29 is 4.79 Å². The number of aromatic nitrogens is 2. The van der Waals surface area contributed by atoms with Gasteiger partial charge in [0, 0.05) is 13.1 Å². The number of rotatable bonds is 4. The zero-order valence-corrected chi connectivity index (χ0v) is 16.8. The van der Waals surface area contributed by atoms with Crippen molar-refractivity contribution in [1.82, 2.24) is 14.7 Å². The summed E-state index contributed by atoms with van der Waals surface area (Å²) in [7, 11) is 0. The van der Waals surface area contributed by atoms with E-state index in [0.29, 0.717) is 12.1 Å². The van der Waals surface area contributed by atoms with Crippen LogP contribution in [-0.4, -0.2) is 40.2 Å². The number of nitrogens with zero attached hydrogens (tertiary/aromatic N) is 3. The number of hydrogen-bond acceptors (Lipinski definition) is 3. The summed E-state index contributed by atoms with van der Waals surface area (Å²) in [5.74, 6) is 0.269. The van der Waals surface area contributed by atoms with E-state index in [9.17, 15) is 4.79 Å². The lowest BCUT2D eigenvalue weighted by Crippen LogP contribution is -2.34. The first-order chi connectivity index (χ1) is 11.8. The summed E-state index contributed by atoms with van der Waals surface area (Å²) < 4.78 is 1.90. The Balaban J connectivity index is 0.00000243. The summed E-state index contributed by atoms with van der Waals surface area (Å²) in [6.45, 7) is 10.5. The fourth-order valence-electron chi connectivity index (χ4n) is 3.50. The quantitative estimate of drug-likeness (QED) is 0.887. The van der Waals surface area contributed by atoms with E-state index in [1.54, 1.807) is 6.20 Å². The molecule has 2 heterocycles. The van der Waals surface area contributed by atoms with Crippen molar-refractivity contribution in [3.05, 3.63) is 47.3 Å². The zero-order chi connectivity index (χ0) is 18.2. The molecular formula is C20H29ClN4O. The highest BCUT2D eigenvalue weighted by molar-refractivity contribution is 5.95. The fraction of sp³-hybridized carbons (Fsp3) is 0.500. The van der Waals surface area contributed by atoms with Gasteiger partial charge in [-0.2, -0.15) is 5.10 Å². The predicted octanol–water partition coefficient (Wildman–Crippen LogP) is 3.54. The number of amides is 1. The standard InChI is InChI=1S/C20H28N4O.ClH/c1-14(2)18-17(19(25)23-10-9-20(4,12-21)13-23)11-22-24(18)16-7-5-15(3)6-8-16;/h5-8,11,14H,9-10,12-13,21H2,1-4H3;1H. The van der Waals surface area contributed by atoms with Crippen LogP contribution in [0.15, 0.2) is 30.5 Å². The number of carbonyl (C=O) groups is 1. The van der Waals surface area contributed by atoms with Crippen LogP contribution in [0.2, 0.25) is 0 Å². The van der Waals surface area contributed by atoms with Gasteiger partial charge in [-0.15, -0.1) is 12.4 Å². The number of aryl methyl sites for hydroxylation is 1. The molecule has 142 valence electrons. The van der Waals surface area contributed by atoms with Gasteiger partial charge in [-0.25, -0.2) is 4.68 Å². The highest BCUT2D eigenvalue weighted by Crippen LogP contribution is 2.31. The van der Waals surface area contributed by atoms with Crippen molar-refractivity contribution >= 4 is 18.3 Å². The first-order valence-corrected chi connectivity index (χ1v) is 8.99. The van der Waals surface area contributed by atoms with Gasteiger partial charge in [0.1, 0.15) is 0 Å². The molecule has 0 spiro atoms. The minimum Gasteiger partial charge on any atom is -0.338 e. The monoisotopic (exact) mass is 376 g/mol. The van der Waals surface area contributed by atoms with Crippen molar-refractivity contribution in [3.8, 4) is 5.69 Å². The lowest BCUT2D eigenvalue weighted by atomic mass is 9.90. The first kappa shape index (κ1) is 20.5. The SMILES string of the molecule is Cc1ccc(-n2ncc(C(=O)N3CCC(C)(CN)C3)c2C(C)C)cc1.Cl. The molecule has 1 aliphatic rings. The maximum atomic E-state index is 13.1. The topological polar surface area (TPSA) is 64.2 Å². The minimum absolute atomic E-state index is 0. The number of likely N-dealkylation sites (tertiary alicyclic amines) is 1. The summed E-state index contributed by atoms with van der Waals surface area (Å²) in [5.41, 5.74) is 9.78. The third-order valence-corrected chi connectivity index (χ3v) is 5.20. The molecule has 2 aromatic rings. The second-order valence-corrected chi connectivity index (χ2v) is 7.84. The van der Waals surface area contributed by atoms with Crippen molar-refractivity contribution in [1.29, 1.82) is 0 Å². The number of nitrogens with two attached hydrogens (primary N) is 1. The first-order valence-electron chi connectivity index (χ1n) is 8.99. The molecule has 1 aromatic carbocycles. The van der Waals surface area contributed by atoms with Crippen LogP contribution in [0.5, 0.6) is 0 Å². The number of benzene rings is 1. The largest absolute Gasteiger partial charge is 0.338 e. The smallest absolute Gasteiger partial charge is 0.257 e. The van der Waals surface area contributed by atoms with Crippen LogP contribution in [0.1, 0.15) is 54.7 Å². The molecule has 3 rings (SSSR count). The second kappa shape index (κ2) is 7.80. The molecule has 1 amide bonds. The summed E-state index contributed by atoms with van der Waals surface area (Å²) in [4.78, 5) is 15.0. The summed E-state index contributed by atoms with van der Waals surface area (Å²) in [5, 5.41) is 4.53. The molecule has 26 heavy (non-hydrogen) atoms. The van der Waals surface area contributed by atoms with E-state index in [-0.39, 0.29) is 29.6 Å². The maximum absolute atomic E-state index is 13.1. The van der Waals surface area contributed by atoms with E-state index >= 15 is 0 Å². The summed E-state index contributed by atoms with van der Waals surface area (Å²) in [6.07, 6.45) is 2.67. The van der Waals surface area contributed by atoms with E-state index < -0.39 is 0 Å². The average molecular weight is 377 g/mol. The number of hydrogen-bond donors (Lipinski definition) is 1. The Morgan fingerprint density at radius 2 is 1.96 bits per heavy atom. The molecule has 0 bridgehead atoms. The van der Waals surface area contributed by atoms with Crippen molar-refractivity contribution in [2.75, 3.05) is 19.6 Å². The van der Waals surface area contributed by atoms with Gasteiger partial charge in [0.25, 0.3) is 5.91 Å². The van der Waals surface area contributed by atoms with Crippen LogP contribution in [0.3, 0.4) is 0 Å². The highest BCUT2D eigenvalue weighted by Gasteiger charge is 2.36. The molecule has 2 N–H and O–H groups in total. The Morgan fingerprint density at radius 1 is 1.31 bits per heavy atom. The number of halogens is 1. The van der Waals surface area contributed by atoms with Crippen LogP contribution >= 0.6 is 12.4 Å². The van der Waals surface area contributed by atoms with Gasteiger partial charge in [-0.1, -0.05) is 38.5 Å². The van der Waals surface area contributed by atoms with Gasteiger partial charge in [-0.05, 0) is 43.4 Å². The number of carbonyl (C=O) groups excluding carboxylic acids is 1. The van der Waals surface area contributed by atoms with Gasteiger partial charge < -0.3 is 10.6 Å². The normalized spacial score (nSPS) is 19.7. The summed E-state index contributed by atoms with van der Waals surface area (Å²) >= 11 is 0. The molecule has 5 nitrogen and oxygen atoms in total. The minimum atomic E-state index is 0. The molecule has 1 aromatic heterocycles. The Morgan fingerprint density at radius 3 is 2.50 bits per heavy atom. The van der Waals surface area contributed by atoms with Crippen LogP contribution in [-0.2, 0) is 0 Å². The van der Waals surface area contributed by atoms with Crippen molar-refractivity contribution in [3.63, 3.8) is 0 Å². The van der Waals surface area contributed by atoms with Gasteiger partial charge in [0.15, 0.2) is 0 Å². The molecule has 6 heteroatoms. The molecule has 1 saturated heterocycles. The Hall–Kier alpha value is -1.85. The molecule has 0 saturated carbocycles. The van der Waals surface area contributed by atoms with Gasteiger partial charge in [-0.3, -0.25) is 4.79 Å². The molecule has 1 fully saturated rings. The highest BCUT2D eigenvalue weighted by atomic mass is 35.5. The van der Waals surface area contributed by atoms with Gasteiger partial charge in [0.05, 0.1) is 23.1 Å². The lowest BCUT2D eigenvalue weighted by Gasteiger charge is -2.23. The molecule has 0 radical (unpaired) electrons. The van der Waals surface area contributed by atoms with E-state index in [1.807, 2.05) is 21.7 Å². The molecule has 0 aliphatic carbocycles. The van der Waals surface area contributed by atoms with Crippen LogP contribution in [0.25, 0.3) is 5.69 Å². The van der Waals surface area contributed by atoms with Crippen molar-refractivity contribution in [2.45, 2.75) is 40.0 Å². The molecule has 1 unspecified atom stereocenters. The van der Waals surface area contributed by atoms with Crippen LogP contribution in [0, 0.1) is 12.3 Å². The van der Waals surface area contributed by atoms with Crippen LogP contribution < -0.4 is 5.73 Å². The van der Waals surface area contributed by atoms with E-state index in [4.69, 9.17) is 5.73 Å². The van der Waals surface area contributed by atoms with Gasteiger partial charge >= 0.3 is 0 Å². The predicted molar refractivity (Wildman–Crippen MR) is 107 cm³/mol. The zero-order valence-electron chi connectivity index (χ0n) is 16.0. The van der Waals surface area contributed by atoms with Crippen LogP contribution in [0.4, 0.5) is 0 Å². The van der Waals surface area contributed by atoms with E-state index in [1.165, 1.54) is 5.56 Å². The second-order valence-electron chi connectivity index (χ2n) is 7.84. The van der Waals surface area contributed by atoms with Crippen molar-refractivity contribution in [2.24, 2.45) is 11.1 Å². The van der Waals surface area contributed by atoms with E-state index in [2.05, 4.69) is 44.9 Å². The van der Waals surface area contributed by atoms with E-state index in [0.717, 1.165) is 30.9 Å². The maximum Gasteiger partial charge on any atom is 0.257 e. The lowest BCUT2D eigenvalue weighted by molar-refractivity contribution is 0.0775. The fourth-order valence-corrected chi connectivity index (χ4v) is 3.50. The molecule has 1 atom stereocenters. The third kappa shape index (κ3) is 3.79. The average Bonchev–Trinajstić information content (AvgIpc) is 3.20.